The van der Waals surface area contributed by atoms with Gasteiger partial charge in [-0.3, -0.25) is 0 Å². The number of nitrogens with zero attached hydrogens (tertiary/aromatic N) is 2. The van der Waals surface area contributed by atoms with Gasteiger partial charge in [0.15, 0.2) is 0 Å². The topological polar surface area (TPSA) is 63.8 Å². The van der Waals surface area contributed by atoms with Gasteiger partial charge in [-0.05, 0) is 25.3 Å². The average Bonchev–Trinajstić information content (AvgIpc) is 3.01. The van der Waals surface area contributed by atoms with Gasteiger partial charge in [0.2, 0.25) is 5.95 Å². The fourth-order valence-corrected chi connectivity index (χ4v) is 3.06. The number of rotatable bonds is 3. The van der Waals surface area contributed by atoms with Crippen molar-refractivity contribution < 1.29 is 13.2 Å². The molecule has 0 aromatic carbocycles. The molecule has 2 aromatic heterocycles. The Hall–Kier alpha value is -1.57. The summed E-state index contributed by atoms with van der Waals surface area (Å²) >= 11 is 1.43. The Morgan fingerprint density at radius 1 is 1.40 bits per heavy atom. The van der Waals surface area contributed by atoms with Gasteiger partial charge in [-0.2, -0.15) is 18.2 Å². The molecule has 0 saturated heterocycles. The number of aromatic nitrogens is 2. The third kappa shape index (κ3) is 2.07. The molecule has 0 bridgehead atoms. The van der Waals surface area contributed by atoms with Gasteiger partial charge >= 0.3 is 6.18 Å². The average molecular weight is 302 g/mol. The highest BCUT2D eigenvalue weighted by atomic mass is 32.1. The van der Waals surface area contributed by atoms with E-state index >= 15 is 0 Å². The largest absolute Gasteiger partial charge is 0.411 e. The lowest BCUT2D eigenvalue weighted by atomic mass is 10.2. The summed E-state index contributed by atoms with van der Waals surface area (Å²) in [4.78, 5) is 9.69. The van der Waals surface area contributed by atoms with E-state index < -0.39 is 11.7 Å². The van der Waals surface area contributed by atoms with Crippen LogP contribution in [0.25, 0.3) is 10.2 Å². The van der Waals surface area contributed by atoms with Crippen molar-refractivity contribution in [1.82, 2.24) is 9.97 Å². The molecule has 4 nitrogen and oxygen atoms in total. The minimum atomic E-state index is -4.29. The van der Waals surface area contributed by atoms with E-state index in [0.29, 0.717) is 10.2 Å². The van der Waals surface area contributed by atoms with Gasteiger partial charge in [0.05, 0.1) is 5.39 Å². The summed E-state index contributed by atoms with van der Waals surface area (Å²) in [5, 5.41) is 3.15. The third-order valence-electron chi connectivity index (χ3n) is 3.46. The molecule has 1 aliphatic rings. The van der Waals surface area contributed by atoms with Crippen molar-refractivity contribution in [2.75, 3.05) is 11.1 Å². The van der Waals surface area contributed by atoms with Crippen LogP contribution in [0.3, 0.4) is 0 Å². The number of halogens is 3. The normalized spacial score (nSPS) is 17.4. The first-order valence-electron chi connectivity index (χ1n) is 6.25. The minimum Gasteiger partial charge on any atom is -0.368 e. The van der Waals surface area contributed by atoms with Crippen LogP contribution >= 0.6 is 11.3 Å². The maximum atomic E-state index is 13.0. The molecule has 0 unspecified atom stereocenters. The molecule has 1 saturated carbocycles. The van der Waals surface area contributed by atoms with E-state index in [1.165, 1.54) is 11.3 Å². The van der Waals surface area contributed by atoms with Crippen LogP contribution in [0.1, 0.15) is 24.6 Å². The zero-order chi connectivity index (χ0) is 14.5. The first-order chi connectivity index (χ1) is 9.34. The molecule has 8 heteroatoms. The summed E-state index contributed by atoms with van der Waals surface area (Å²) in [6.07, 6.45) is -3.37. The Morgan fingerprint density at radius 3 is 2.65 bits per heavy atom. The fraction of sp³-hybridized carbons (Fsp3) is 0.500. The predicted molar refractivity (Wildman–Crippen MR) is 72.8 cm³/mol. The van der Waals surface area contributed by atoms with Crippen LogP contribution in [-0.4, -0.2) is 21.7 Å². The molecule has 1 aliphatic carbocycles. The molecule has 0 radical (unpaired) electrons. The Balaban J connectivity index is 2.05. The highest BCUT2D eigenvalue weighted by molar-refractivity contribution is 7.18. The van der Waals surface area contributed by atoms with Crippen molar-refractivity contribution in [1.29, 1.82) is 0 Å². The van der Waals surface area contributed by atoms with Gasteiger partial charge in [-0.25, -0.2) is 4.98 Å². The van der Waals surface area contributed by atoms with Gasteiger partial charge in [-0.1, -0.05) is 6.92 Å². The maximum absolute atomic E-state index is 13.0. The van der Waals surface area contributed by atoms with E-state index in [2.05, 4.69) is 15.3 Å². The molecule has 0 amide bonds. The van der Waals surface area contributed by atoms with Gasteiger partial charge in [0.25, 0.3) is 0 Å². The number of anilines is 2. The summed E-state index contributed by atoms with van der Waals surface area (Å²) in [6.45, 7) is 1.98. The highest BCUT2D eigenvalue weighted by Gasteiger charge is 2.63. The molecule has 20 heavy (non-hydrogen) atoms. The molecular weight excluding hydrogens is 289 g/mol. The Morgan fingerprint density at radius 2 is 2.10 bits per heavy atom. The van der Waals surface area contributed by atoms with E-state index in [9.17, 15) is 13.2 Å². The van der Waals surface area contributed by atoms with Crippen molar-refractivity contribution in [3.05, 3.63) is 10.9 Å². The zero-order valence-corrected chi connectivity index (χ0v) is 11.5. The molecule has 3 rings (SSSR count). The number of hydrogen-bond acceptors (Lipinski definition) is 5. The quantitative estimate of drug-likeness (QED) is 0.912. The second-order valence-corrected chi connectivity index (χ2v) is 6.04. The Bertz CT molecular complexity index is 661. The van der Waals surface area contributed by atoms with E-state index in [1.807, 2.05) is 13.0 Å². The van der Waals surface area contributed by atoms with Crippen molar-refractivity contribution in [2.24, 2.45) is 0 Å². The van der Waals surface area contributed by atoms with Crippen molar-refractivity contribution >= 4 is 33.3 Å². The number of thiophene rings is 1. The Labute approximate surface area is 117 Å². The molecule has 2 heterocycles. The number of nitrogens with two attached hydrogens (primary N) is 1. The number of alkyl halides is 3. The maximum Gasteiger partial charge on any atom is 0.411 e. The second-order valence-electron chi connectivity index (χ2n) is 4.92. The number of nitrogen functional groups attached to an aromatic ring is 1. The lowest BCUT2D eigenvalue weighted by Gasteiger charge is -2.21. The summed E-state index contributed by atoms with van der Waals surface area (Å²) in [6, 6.07) is 1.83. The molecule has 108 valence electrons. The number of aryl methyl sites for hydroxylation is 1. The molecule has 0 aliphatic heterocycles. The molecule has 0 spiro atoms. The Kier molecular flexibility index (Phi) is 2.82. The summed E-state index contributed by atoms with van der Waals surface area (Å²) in [5.41, 5.74) is 3.73. The van der Waals surface area contributed by atoms with E-state index in [4.69, 9.17) is 5.73 Å². The lowest BCUT2D eigenvalue weighted by Crippen LogP contribution is -2.39. The van der Waals surface area contributed by atoms with Crippen LogP contribution in [0, 0.1) is 0 Å². The van der Waals surface area contributed by atoms with Crippen LogP contribution in [0.5, 0.6) is 0 Å². The van der Waals surface area contributed by atoms with Gasteiger partial charge in [0.1, 0.15) is 16.2 Å². The van der Waals surface area contributed by atoms with Crippen molar-refractivity contribution in [3.63, 3.8) is 0 Å². The van der Waals surface area contributed by atoms with Crippen LogP contribution in [-0.2, 0) is 6.42 Å². The van der Waals surface area contributed by atoms with Gasteiger partial charge < -0.3 is 11.1 Å². The fourth-order valence-electron chi connectivity index (χ4n) is 2.09. The molecular formula is C12H13F3N4S. The summed E-state index contributed by atoms with van der Waals surface area (Å²) in [7, 11) is 0. The summed E-state index contributed by atoms with van der Waals surface area (Å²) < 4.78 is 39.1. The summed E-state index contributed by atoms with van der Waals surface area (Å²) in [5.74, 6) is 0.167. The molecule has 3 N–H and O–H groups in total. The van der Waals surface area contributed by atoms with Crippen LogP contribution < -0.4 is 11.1 Å². The number of hydrogen-bond donors (Lipinski definition) is 2. The predicted octanol–water partition coefficient (Wildman–Crippen LogP) is 3.34. The van der Waals surface area contributed by atoms with E-state index in [-0.39, 0.29) is 24.6 Å². The molecule has 1 fully saturated rings. The number of fused-ring (bicyclic) bond motifs is 1. The lowest BCUT2D eigenvalue weighted by molar-refractivity contribution is -0.151. The SMILES string of the molecule is CCc1cc2c(NC3(C(F)(F)F)CC3)nc(N)nc2s1. The van der Waals surface area contributed by atoms with Crippen molar-refractivity contribution in [2.45, 2.75) is 37.9 Å². The zero-order valence-electron chi connectivity index (χ0n) is 10.7. The van der Waals surface area contributed by atoms with E-state index in [1.54, 1.807) is 0 Å². The molecule has 0 atom stereocenters. The third-order valence-corrected chi connectivity index (χ3v) is 4.63. The smallest absolute Gasteiger partial charge is 0.368 e. The molecule has 2 aromatic rings. The van der Waals surface area contributed by atoms with E-state index in [0.717, 1.165) is 11.3 Å². The number of nitrogens with one attached hydrogen (secondary N) is 1. The van der Waals surface area contributed by atoms with Crippen LogP contribution in [0.2, 0.25) is 0 Å². The minimum absolute atomic E-state index is 0.0116. The van der Waals surface area contributed by atoms with Gasteiger partial charge in [-0.15, -0.1) is 11.3 Å². The van der Waals surface area contributed by atoms with Crippen LogP contribution in [0.4, 0.5) is 24.9 Å². The van der Waals surface area contributed by atoms with Crippen molar-refractivity contribution in [3.8, 4) is 0 Å². The first-order valence-corrected chi connectivity index (χ1v) is 7.07. The van der Waals surface area contributed by atoms with Crippen LogP contribution in [0.15, 0.2) is 6.07 Å². The monoisotopic (exact) mass is 302 g/mol. The first kappa shape index (κ1) is 13.4. The van der Waals surface area contributed by atoms with Gasteiger partial charge in [0, 0.05) is 4.88 Å². The second kappa shape index (κ2) is 4.21. The highest BCUT2D eigenvalue weighted by Crippen LogP contribution is 2.51. The standard InChI is InChI=1S/C12H13F3N4S/c1-2-6-5-7-8(17-10(16)18-9(7)20-6)19-11(3-4-11)12(13,14)15/h5H,2-4H2,1H3,(H3,16,17,18,19).